The van der Waals surface area contributed by atoms with E-state index in [0.717, 1.165) is 0 Å². The summed E-state index contributed by atoms with van der Waals surface area (Å²) < 4.78 is 41.9. The molecule has 0 fully saturated rings. The van der Waals surface area contributed by atoms with Gasteiger partial charge in [0.05, 0.1) is 0 Å². The van der Waals surface area contributed by atoms with Gasteiger partial charge in [0.15, 0.2) is 10.2 Å². The fourth-order valence-corrected chi connectivity index (χ4v) is 2.70. The zero-order valence-electron chi connectivity index (χ0n) is 7.22. The van der Waals surface area contributed by atoms with Crippen molar-refractivity contribution in [3.63, 3.8) is 0 Å². The molecular weight excluding hydrogens is 324 g/mol. The van der Waals surface area contributed by atoms with E-state index in [0.29, 0.717) is 0 Å². The smallest absolute Gasteiger partial charge is 0.324 e. The lowest BCUT2D eigenvalue weighted by Crippen LogP contribution is -1.88. The minimum absolute atomic E-state index is 0. The van der Waals surface area contributed by atoms with E-state index in [2.05, 4.69) is 4.31 Å². The predicted molar refractivity (Wildman–Crippen MR) is 56.4 cm³/mol. The van der Waals surface area contributed by atoms with E-state index >= 15 is 0 Å². The maximum Gasteiger partial charge on any atom is 0.745 e. The molecule has 15 heteroatoms. The Labute approximate surface area is 97.7 Å². The summed E-state index contributed by atoms with van der Waals surface area (Å²) in [4.78, 5) is 47.2. The Bertz CT molecular complexity index is 303. The molecule has 0 aliphatic heterocycles. The van der Waals surface area contributed by atoms with Crippen LogP contribution in [0.1, 0.15) is 7.43 Å². The monoisotopic (exact) mass is 336 g/mol. The molecule has 0 aromatic heterocycles. The average molecular weight is 336 g/mol. The lowest BCUT2D eigenvalue weighted by atomic mass is 11.9. The van der Waals surface area contributed by atoms with E-state index in [1.807, 2.05) is 0 Å². The number of hydrogen-bond acceptors (Lipinski definition) is 5. The zero-order valence-corrected chi connectivity index (χ0v) is 10.8. The Kier molecular flexibility index (Phi) is 12.4. The second-order valence-electron chi connectivity index (χ2n) is 2.03. The molecule has 2 atom stereocenters. The van der Waals surface area contributed by atoms with E-state index < -0.39 is 37.6 Å². The minimum Gasteiger partial charge on any atom is -0.324 e. The van der Waals surface area contributed by atoms with Gasteiger partial charge in [-0.3, -0.25) is 9.13 Å². The van der Waals surface area contributed by atoms with Crippen LogP contribution in [0.25, 0.3) is 0 Å². The van der Waals surface area contributed by atoms with E-state index in [1.54, 1.807) is 0 Å². The quantitative estimate of drug-likeness (QED) is 0.384. The van der Waals surface area contributed by atoms with Crippen LogP contribution >= 0.6 is 31.7 Å². The Morgan fingerprint density at radius 3 is 1.12 bits per heavy atom. The SMILES string of the molecule is C.O=P(O)(O)CP(=O)(O)O.O=[P+](O)O[P+](=O)O. The molecule has 0 aromatic carbocycles. The molecule has 17 heavy (non-hydrogen) atoms. The molecule has 6 N–H and O–H groups in total. The van der Waals surface area contributed by atoms with Gasteiger partial charge in [0.1, 0.15) is 0 Å². The van der Waals surface area contributed by atoms with Gasteiger partial charge in [-0.25, -0.2) is 0 Å². The molecule has 0 rings (SSSR count). The fourth-order valence-electron chi connectivity index (χ4n) is 0.300. The van der Waals surface area contributed by atoms with Crippen LogP contribution in [0.5, 0.6) is 0 Å². The number of hydrogen-bond donors (Lipinski definition) is 6. The summed E-state index contributed by atoms with van der Waals surface area (Å²) in [5, 5.41) is 0. The van der Waals surface area contributed by atoms with Crippen LogP contribution in [-0.2, 0) is 22.6 Å². The van der Waals surface area contributed by atoms with E-state index in [4.69, 9.17) is 29.4 Å². The molecule has 0 spiro atoms. The third-order valence-electron chi connectivity index (χ3n) is 0.508. The standard InChI is InChI=1S/CH6O6P2.CH4.O5P2/c2-8(3,4)1-9(5,6)7;;1-6(2)5-7(3)4/h1H2,(H2,2,3,4)(H2,5,6,7);1H4;/p+2. The van der Waals surface area contributed by atoms with Crippen molar-refractivity contribution in [2.24, 2.45) is 0 Å². The Morgan fingerprint density at radius 1 is 0.882 bits per heavy atom. The van der Waals surface area contributed by atoms with Gasteiger partial charge < -0.3 is 19.6 Å². The van der Waals surface area contributed by atoms with Gasteiger partial charge >= 0.3 is 31.7 Å². The van der Waals surface area contributed by atoms with Gasteiger partial charge in [0.25, 0.3) is 0 Å². The van der Waals surface area contributed by atoms with Crippen LogP contribution in [0.3, 0.4) is 0 Å². The highest BCUT2D eigenvalue weighted by atomic mass is 31.2. The van der Waals surface area contributed by atoms with Crippen LogP contribution in [0, 0.1) is 0 Å². The molecule has 0 aromatic rings. The summed E-state index contributed by atoms with van der Waals surface area (Å²) >= 11 is 0. The van der Waals surface area contributed by atoms with Crippen molar-refractivity contribution in [3.05, 3.63) is 0 Å². The molecule has 104 valence electrons. The summed E-state index contributed by atoms with van der Waals surface area (Å²) in [6, 6.07) is 0. The van der Waals surface area contributed by atoms with Crippen LogP contribution in [0.15, 0.2) is 0 Å². The first-order chi connectivity index (χ1) is 6.83. The second kappa shape index (κ2) is 9.33. The summed E-state index contributed by atoms with van der Waals surface area (Å²) in [6.07, 6.45) is 0. The Balaban J connectivity index is -0.000000224. The third kappa shape index (κ3) is 31.4. The van der Waals surface area contributed by atoms with Gasteiger partial charge in [-0.1, -0.05) is 7.43 Å². The topological polar surface area (TPSA) is 199 Å². The van der Waals surface area contributed by atoms with Crippen LogP contribution < -0.4 is 0 Å². The predicted octanol–water partition coefficient (Wildman–Crippen LogP) is 0.238. The highest BCUT2D eigenvalue weighted by molar-refractivity contribution is 7.69. The van der Waals surface area contributed by atoms with Crippen LogP contribution in [0.4, 0.5) is 0 Å². The lowest BCUT2D eigenvalue weighted by Gasteiger charge is -2.03. The first-order valence-corrected chi connectivity index (χ1v) is 8.78. The van der Waals surface area contributed by atoms with Gasteiger partial charge in [-0.05, 0) is 0 Å². The minimum atomic E-state index is -4.55. The Hall–Kier alpha value is 0.380. The summed E-state index contributed by atoms with van der Waals surface area (Å²) in [6.45, 7) is 0. The van der Waals surface area contributed by atoms with E-state index in [-0.39, 0.29) is 7.43 Å². The molecule has 2 unspecified atom stereocenters. The first-order valence-electron chi connectivity index (χ1n) is 2.93. The molecule has 0 aliphatic rings. The molecule has 11 nitrogen and oxygen atoms in total. The largest absolute Gasteiger partial charge is 0.745 e. The highest BCUT2D eigenvalue weighted by Gasteiger charge is 2.31. The van der Waals surface area contributed by atoms with Crippen LogP contribution in [0.2, 0.25) is 0 Å². The molecule has 0 aliphatic carbocycles. The van der Waals surface area contributed by atoms with Crippen molar-refractivity contribution in [1.82, 2.24) is 0 Å². The van der Waals surface area contributed by atoms with Gasteiger partial charge in [0.2, 0.25) is 0 Å². The molecule has 0 radical (unpaired) electrons. The van der Waals surface area contributed by atoms with Crippen LogP contribution in [-0.4, -0.2) is 35.3 Å². The summed E-state index contributed by atoms with van der Waals surface area (Å²) in [5.41, 5.74) is 0. The van der Waals surface area contributed by atoms with Crippen molar-refractivity contribution >= 4 is 31.7 Å². The number of rotatable bonds is 4. The molecular formula is C2H12O11P4+2. The van der Waals surface area contributed by atoms with Crippen molar-refractivity contribution in [3.8, 4) is 0 Å². The fraction of sp³-hybridized carbons (Fsp3) is 1.00. The molecule has 0 saturated heterocycles. The van der Waals surface area contributed by atoms with Gasteiger partial charge in [-0.15, -0.1) is 9.79 Å². The average Bonchev–Trinajstić information content (AvgIpc) is 1.72. The van der Waals surface area contributed by atoms with E-state index in [9.17, 15) is 18.3 Å². The normalized spacial score (nSPS) is 12.8. The maximum atomic E-state index is 9.85. The first kappa shape index (κ1) is 22.6. The van der Waals surface area contributed by atoms with Gasteiger partial charge in [0, 0.05) is 9.13 Å². The lowest BCUT2D eigenvalue weighted by molar-refractivity contribution is 0.356. The van der Waals surface area contributed by atoms with Crippen molar-refractivity contribution in [1.29, 1.82) is 0 Å². The van der Waals surface area contributed by atoms with Crippen molar-refractivity contribution in [2.45, 2.75) is 7.43 Å². The second-order valence-corrected chi connectivity index (χ2v) is 7.42. The summed E-state index contributed by atoms with van der Waals surface area (Å²) in [5.74, 6) is -1.38. The highest BCUT2D eigenvalue weighted by Crippen LogP contribution is 2.51. The molecule has 0 amide bonds. The summed E-state index contributed by atoms with van der Waals surface area (Å²) in [7, 11) is -14.9. The van der Waals surface area contributed by atoms with Crippen molar-refractivity contribution in [2.75, 3.05) is 5.90 Å². The third-order valence-corrected chi connectivity index (χ3v) is 4.57. The van der Waals surface area contributed by atoms with Crippen molar-refractivity contribution < 1.29 is 51.9 Å². The molecule has 0 heterocycles. The van der Waals surface area contributed by atoms with E-state index in [1.165, 1.54) is 0 Å². The van der Waals surface area contributed by atoms with Gasteiger partial charge in [-0.2, -0.15) is 0 Å². The zero-order chi connectivity index (χ0) is 13.6. The Morgan fingerprint density at radius 2 is 1.12 bits per heavy atom. The molecule has 0 bridgehead atoms. The molecule has 0 saturated carbocycles. The maximum absolute atomic E-state index is 9.85.